The molecule has 5 nitrogen and oxygen atoms in total. The van der Waals surface area contributed by atoms with E-state index in [1.165, 1.54) is 16.8 Å². The topological polar surface area (TPSA) is 60.1 Å². The molecular weight excluding hydrogens is 309 g/mol. The van der Waals surface area contributed by atoms with Crippen LogP contribution in [0.2, 0.25) is 0 Å². The van der Waals surface area contributed by atoms with Crippen LogP contribution in [0.15, 0.2) is 53.1 Å². The van der Waals surface area contributed by atoms with Crippen molar-refractivity contribution in [3.8, 4) is 17.1 Å². The first kappa shape index (κ1) is 16.0. The number of benzene rings is 1. The molecule has 1 N–H and O–H groups in total. The van der Waals surface area contributed by atoms with Gasteiger partial charge in [-0.3, -0.25) is 4.79 Å². The maximum atomic E-state index is 13.2. The third kappa shape index (κ3) is 3.37. The van der Waals surface area contributed by atoms with Crippen molar-refractivity contribution < 1.29 is 13.6 Å². The Hall–Kier alpha value is -2.89. The second kappa shape index (κ2) is 6.70. The summed E-state index contributed by atoms with van der Waals surface area (Å²) in [6.45, 7) is 4.60. The molecular formula is C18H18FN3O2. The summed E-state index contributed by atoms with van der Waals surface area (Å²) in [5.74, 6) is 0.316. The van der Waals surface area contributed by atoms with Crippen LogP contribution in [0.1, 0.15) is 24.3 Å². The zero-order valence-corrected chi connectivity index (χ0v) is 13.5. The summed E-state index contributed by atoms with van der Waals surface area (Å²) >= 11 is 0. The number of nitrogens with zero attached hydrogens (tertiary/aromatic N) is 2. The molecule has 0 saturated heterocycles. The molecule has 1 aromatic carbocycles. The fourth-order valence-electron chi connectivity index (χ4n) is 2.25. The zero-order valence-electron chi connectivity index (χ0n) is 13.5. The minimum Gasteiger partial charge on any atom is -0.463 e. The molecule has 2 heterocycles. The Bertz CT molecular complexity index is 821. The van der Waals surface area contributed by atoms with Gasteiger partial charge in [-0.05, 0) is 42.3 Å². The average Bonchev–Trinajstić information content (AvgIpc) is 3.22. The van der Waals surface area contributed by atoms with Gasteiger partial charge >= 0.3 is 0 Å². The molecule has 3 aromatic rings. The standard InChI is InChI=1S/C18H18FN3O2/c1-12(2)11-20-18(23)16-10-15(17-4-3-9-24-17)21-22(16)14-7-5-13(19)6-8-14/h3-10,12H,11H2,1-2H3,(H,20,23). The average molecular weight is 327 g/mol. The number of halogens is 1. The molecule has 0 aliphatic rings. The second-order valence-electron chi connectivity index (χ2n) is 5.88. The Kier molecular flexibility index (Phi) is 4.46. The van der Waals surface area contributed by atoms with Crippen LogP contribution in [0.5, 0.6) is 0 Å². The van der Waals surface area contributed by atoms with Crippen molar-refractivity contribution in [2.24, 2.45) is 5.92 Å². The second-order valence-corrected chi connectivity index (χ2v) is 5.88. The van der Waals surface area contributed by atoms with Gasteiger partial charge in [0.15, 0.2) is 5.76 Å². The lowest BCUT2D eigenvalue weighted by atomic mass is 10.2. The van der Waals surface area contributed by atoms with E-state index < -0.39 is 0 Å². The van der Waals surface area contributed by atoms with Gasteiger partial charge in [0.05, 0.1) is 12.0 Å². The van der Waals surface area contributed by atoms with Gasteiger partial charge in [-0.1, -0.05) is 13.8 Å². The first-order valence-corrected chi connectivity index (χ1v) is 7.72. The number of amides is 1. The number of hydrogen-bond donors (Lipinski definition) is 1. The molecule has 0 aliphatic heterocycles. The van der Waals surface area contributed by atoms with Crippen LogP contribution in [-0.2, 0) is 0 Å². The van der Waals surface area contributed by atoms with Gasteiger partial charge in [-0.2, -0.15) is 5.10 Å². The molecule has 124 valence electrons. The summed E-state index contributed by atoms with van der Waals surface area (Å²) in [6, 6.07) is 11.0. The Balaban J connectivity index is 2.01. The van der Waals surface area contributed by atoms with E-state index in [9.17, 15) is 9.18 Å². The number of carbonyl (C=O) groups excluding carboxylic acids is 1. The van der Waals surface area contributed by atoms with E-state index in [0.29, 0.717) is 35.3 Å². The highest BCUT2D eigenvalue weighted by atomic mass is 19.1. The van der Waals surface area contributed by atoms with Crippen molar-refractivity contribution in [2.75, 3.05) is 6.54 Å². The van der Waals surface area contributed by atoms with Gasteiger partial charge in [0, 0.05) is 12.6 Å². The highest BCUT2D eigenvalue weighted by Crippen LogP contribution is 2.22. The third-order valence-corrected chi connectivity index (χ3v) is 3.46. The molecule has 0 saturated carbocycles. The normalized spacial score (nSPS) is 11.0. The largest absolute Gasteiger partial charge is 0.463 e. The first-order chi connectivity index (χ1) is 11.5. The van der Waals surface area contributed by atoms with E-state index in [1.54, 1.807) is 36.6 Å². The van der Waals surface area contributed by atoms with Crippen molar-refractivity contribution in [3.05, 3.63) is 60.2 Å². The van der Waals surface area contributed by atoms with Crippen LogP contribution in [-0.4, -0.2) is 22.2 Å². The number of aromatic nitrogens is 2. The molecule has 2 aromatic heterocycles. The first-order valence-electron chi connectivity index (χ1n) is 7.72. The zero-order chi connectivity index (χ0) is 17.1. The van der Waals surface area contributed by atoms with Crippen molar-refractivity contribution in [2.45, 2.75) is 13.8 Å². The van der Waals surface area contributed by atoms with Crippen LogP contribution in [0.4, 0.5) is 4.39 Å². The Morgan fingerprint density at radius 1 is 1.29 bits per heavy atom. The van der Waals surface area contributed by atoms with Crippen LogP contribution in [0.3, 0.4) is 0 Å². The molecule has 0 atom stereocenters. The van der Waals surface area contributed by atoms with E-state index in [0.717, 1.165) is 0 Å². The summed E-state index contributed by atoms with van der Waals surface area (Å²) in [7, 11) is 0. The number of hydrogen-bond acceptors (Lipinski definition) is 3. The number of rotatable bonds is 5. The fraction of sp³-hybridized carbons (Fsp3) is 0.222. The molecule has 0 aliphatic carbocycles. The quantitative estimate of drug-likeness (QED) is 0.778. The summed E-state index contributed by atoms with van der Waals surface area (Å²) in [6.07, 6.45) is 1.55. The molecule has 0 spiro atoms. The van der Waals surface area contributed by atoms with Crippen molar-refractivity contribution in [1.29, 1.82) is 0 Å². The molecule has 1 amide bonds. The number of nitrogens with one attached hydrogen (secondary N) is 1. The summed E-state index contributed by atoms with van der Waals surface area (Å²) in [5.41, 5.74) is 1.51. The molecule has 0 unspecified atom stereocenters. The number of furan rings is 1. The van der Waals surface area contributed by atoms with Crippen LogP contribution in [0, 0.1) is 11.7 Å². The fourth-order valence-corrected chi connectivity index (χ4v) is 2.25. The highest BCUT2D eigenvalue weighted by molar-refractivity contribution is 5.94. The Morgan fingerprint density at radius 2 is 2.04 bits per heavy atom. The van der Waals surface area contributed by atoms with E-state index >= 15 is 0 Å². The van der Waals surface area contributed by atoms with E-state index in [-0.39, 0.29) is 11.7 Å². The van der Waals surface area contributed by atoms with Gasteiger partial charge in [0.1, 0.15) is 17.2 Å². The van der Waals surface area contributed by atoms with Crippen LogP contribution in [0.25, 0.3) is 17.1 Å². The highest BCUT2D eigenvalue weighted by Gasteiger charge is 2.18. The monoisotopic (exact) mass is 327 g/mol. The summed E-state index contributed by atoms with van der Waals surface area (Å²) in [4.78, 5) is 12.5. The lowest BCUT2D eigenvalue weighted by Gasteiger charge is -2.09. The Labute approximate surface area is 139 Å². The van der Waals surface area contributed by atoms with Gasteiger partial charge < -0.3 is 9.73 Å². The molecule has 0 bridgehead atoms. The van der Waals surface area contributed by atoms with Crippen molar-refractivity contribution >= 4 is 5.91 Å². The summed E-state index contributed by atoms with van der Waals surface area (Å²) < 4.78 is 20.0. The lowest BCUT2D eigenvalue weighted by Crippen LogP contribution is -2.29. The molecule has 6 heteroatoms. The van der Waals surface area contributed by atoms with Gasteiger partial charge in [-0.25, -0.2) is 9.07 Å². The van der Waals surface area contributed by atoms with E-state index in [1.807, 2.05) is 13.8 Å². The van der Waals surface area contributed by atoms with Gasteiger partial charge in [0.25, 0.3) is 5.91 Å². The molecule has 0 fully saturated rings. The lowest BCUT2D eigenvalue weighted by molar-refractivity contribution is 0.0941. The maximum absolute atomic E-state index is 13.2. The smallest absolute Gasteiger partial charge is 0.270 e. The molecule has 24 heavy (non-hydrogen) atoms. The van der Waals surface area contributed by atoms with Crippen molar-refractivity contribution in [3.63, 3.8) is 0 Å². The van der Waals surface area contributed by atoms with Crippen LogP contribution >= 0.6 is 0 Å². The van der Waals surface area contributed by atoms with Crippen LogP contribution < -0.4 is 5.32 Å². The van der Waals surface area contributed by atoms with E-state index in [2.05, 4.69) is 10.4 Å². The van der Waals surface area contributed by atoms with Gasteiger partial charge in [0.2, 0.25) is 0 Å². The molecule has 0 radical (unpaired) electrons. The van der Waals surface area contributed by atoms with E-state index in [4.69, 9.17) is 4.42 Å². The predicted molar refractivity (Wildman–Crippen MR) is 88.4 cm³/mol. The SMILES string of the molecule is CC(C)CNC(=O)c1cc(-c2ccco2)nn1-c1ccc(F)cc1. The maximum Gasteiger partial charge on any atom is 0.270 e. The third-order valence-electron chi connectivity index (χ3n) is 3.46. The summed E-state index contributed by atoms with van der Waals surface area (Å²) in [5, 5.41) is 7.31. The minimum absolute atomic E-state index is 0.238. The molecule has 3 rings (SSSR count). The van der Waals surface area contributed by atoms with Gasteiger partial charge in [-0.15, -0.1) is 0 Å². The predicted octanol–water partition coefficient (Wildman–Crippen LogP) is 3.66. The minimum atomic E-state index is -0.344. The number of carbonyl (C=O) groups is 1. The Morgan fingerprint density at radius 3 is 2.67 bits per heavy atom. The van der Waals surface area contributed by atoms with Crippen molar-refractivity contribution in [1.82, 2.24) is 15.1 Å².